The summed E-state index contributed by atoms with van der Waals surface area (Å²) >= 11 is 0. The van der Waals surface area contributed by atoms with E-state index in [9.17, 15) is 0 Å². The topological polar surface area (TPSA) is 0 Å². The van der Waals surface area contributed by atoms with Crippen molar-refractivity contribution >= 4 is 0 Å². The lowest BCUT2D eigenvalue weighted by atomic mass is 9.68. The van der Waals surface area contributed by atoms with Crippen molar-refractivity contribution in [2.24, 2.45) is 40.9 Å². The van der Waals surface area contributed by atoms with Crippen molar-refractivity contribution in [3.63, 3.8) is 0 Å². The third kappa shape index (κ3) is 1.70. The molecule has 3 rings (SSSR count). The summed E-state index contributed by atoms with van der Waals surface area (Å²) in [5.41, 5.74) is 0.634. The summed E-state index contributed by atoms with van der Waals surface area (Å²) in [5, 5.41) is 0. The molecule has 18 heavy (non-hydrogen) atoms. The molecule has 0 aromatic rings. The Kier molecular flexibility index (Phi) is 3.27. The molecule has 0 N–H and O–H groups in total. The summed E-state index contributed by atoms with van der Waals surface area (Å²) < 4.78 is 0. The van der Waals surface area contributed by atoms with E-state index in [2.05, 4.69) is 27.7 Å². The van der Waals surface area contributed by atoms with E-state index in [1.807, 2.05) is 0 Å². The molecule has 3 aliphatic rings. The molecule has 0 amide bonds. The standard InChI is InChI=1S/C18H32/c1-5-12-11-18(3,4)17-15-10-8-7-9-14(15)13(6-2)16(12)17/h12-17H,5-11H2,1-4H3. The first kappa shape index (κ1) is 13.0. The van der Waals surface area contributed by atoms with E-state index in [-0.39, 0.29) is 0 Å². The maximum Gasteiger partial charge on any atom is -0.0298 e. The van der Waals surface area contributed by atoms with Crippen LogP contribution in [0.5, 0.6) is 0 Å². The average molecular weight is 248 g/mol. The lowest BCUT2D eigenvalue weighted by Gasteiger charge is -2.37. The van der Waals surface area contributed by atoms with Crippen LogP contribution < -0.4 is 0 Å². The van der Waals surface area contributed by atoms with Gasteiger partial charge in [0, 0.05) is 0 Å². The Morgan fingerprint density at radius 1 is 0.944 bits per heavy atom. The van der Waals surface area contributed by atoms with Gasteiger partial charge in [-0.15, -0.1) is 0 Å². The summed E-state index contributed by atoms with van der Waals surface area (Å²) in [7, 11) is 0. The van der Waals surface area contributed by atoms with Crippen LogP contribution in [0.1, 0.15) is 72.6 Å². The second-order valence-electron chi connectivity index (χ2n) is 8.15. The smallest absolute Gasteiger partial charge is 0.0298 e. The summed E-state index contributed by atoms with van der Waals surface area (Å²) in [4.78, 5) is 0. The van der Waals surface area contributed by atoms with Gasteiger partial charge in [0.1, 0.15) is 0 Å². The van der Waals surface area contributed by atoms with Gasteiger partial charge in [0.25, 0.3) is 0 Å². The number of fused-ring (bicyclic) bond motifs is 3. The van der Waals surface area contributed by atoms with Crippen molar-refractivity contribution < 1.29 is 0 Å². The van der Waals surface area contributed by atoms with Crippen LogP contribution in [0.3, 0.4) is 0 Å². The molecular weight excluding hydrogens is 216 g/mol. The van der Waals surface area contributed by atoms with Gasteiger partial charge in [-0.3, -0.25) is 0 Å². The van der Waals surface area contributed by atoms with E-state index in [0.29, 0.717) is 5.41 Å². The lowest BCUT2D eigenvalue weighted by molar-refractivity contribution is 0.126. The third-order valence-corrected chi connectivity index (χ3v) is 7.03. The number of hydrogen-bond acceptors (Lipinski definition) is 0. The summed E-state index contributed by atoms with van der Waals surface area (Å²) in [6.07, 6.45) is 10.6. The van der Waals surface area contributed by atoms with Gasteiger partial charge in [0.15, 0.2) is 0 Å². The highest BCUT2D eigenvalue weighted by molar-refractivity contribution is 5.08. The van der Waals surface area contributed by atoms with Crippen LogP contribution >= 0.6 is 0 Å². The van der Waals surface area contributed by atoms with Crippen LogP contribution in [0.4, 0.5) is 0 Å². The van der Waals surface area contributed by atoms with E-state index in [4.69, 9.17) is 0 Å². The molecule has 3 saturated carbocycles. The fraction of sp³-hybridized carbons (Fsp3) is 1.00. The Morgan fingerprint density at radius 3 is 2.22 bits per heavy atom. The first-order valence-electron chi connectivity index (χ1n) is 8.60. The van der Waals surface area contributed by atoms with Crippen LogP contribution in [0.2, 0.25) is 0 Å². The van der Waals surface area contributed by atoms with Gasteiger partial charge >= 0.3 is 0 Å². The lowest BCUT2D eigenvalue weighted by Crippen LogP contribution is -2.29. The highest BCUT2D eigenvalue weighted by Gasteiger charge is 2.60. The molecule has 0 heteroatoms. The second kappa shape index (κ2) is 4.53. The Hall–Kier alpha value is 0. The Balaban J connectivity index is 1.95. The van der Waals surface area contributed by atoms with E-state index in [0.717, 1.165) is 35.5 Å². The predicted molar refractivity (Wildman–Crippen MR) is 78.4 cm³/mol. The van der Waals surface area contributed by atoms with Crippen LogP contribution in [-0.2, 0) is 0 Å². The summed E-state index contributed by atoms with van der Waals surface area (Å²) in [6.45, 7) is 10.1. The van der Waals surface area contributed by atoms with Gasteiger partial charge in [-0.2, -0.15) is 0 Å². The maximum absolute atomic E-state index is 2.59. The summed E-state index contributed by atoms with van der Waals surface area (Å²) in [5.74, 6) is 6.47. The number of hydrogen-bond donors (Lipinski definition) is 0. The first-order valence-corrected chi connectivity index (χ1v) is 8.60. The Bertz CT molecular complexity index is 303. The molecule has 0 heterocycles. The van der Waals surface area contributed by atoms with Gasteiger partial charge in [0.05, 0.1) is 0 Å². The Morgan fingerprint density at radius 2 is 1.61 bits per heavy atom. The molecule has 6 unspecified atom stereocenters. The van der Waals surface area contributed by atoms with Crippen LogP contribution in [0, 0.1) is 40.9 Å². The molecular formula is C18H32. The fourth-order valence-corrected chi connectivity index (χ4v) is 6.69. The van der Waals surface area contributed by atoms with Gasteiger partial charge in [-0.25, -0.2) is 0 Å². The van der Waals surface area contributed by atoms with Crippen LogP contribution in [0.25, 0.3) is 0 Å². The summed E-state index contributed by atoms with van der Waals surface area (Å²) in [6, 6.07) is 0. The molecule has 0 spiro atoms. The van der Waals surface area contributed by atoms with Crippen molar-refractivity contribution in [3.05, 3.63) is 0 Å². The van der Waals surface area contributed by atoms with Crippen molar-refractivity contribution in [3.8, 4) is 0 Å². The molecule has 104 valence electrons. The second-order valence-corrected chi connectivity index (χ2v) is 8.15. The van der Waals surface area contributed by atoms with Crippen molar-refractivity contribution in [2.75, 3.05) is 0 Å². The van der Waals surface area contributed by atoms with Crippen molar-refractivity contribution in [1.82, 2.24) is 0 Å². The Labute approximate surface area is 114 Å². The minimum Gasteiger partial charge on any atom is -0.0651 e. The van der Waals surface area contributed by atoms with Crippen LogP contribution in [-0.4, -0.2) is 0 Å². The fourth-order valence-electron chi connectivity index (χ4n) is 6.69. The normalized spacial score (nSPS) is 50.0. The predicted octanol–water partition coefficient (Wildman–Crippen LogP) is 5.52. The average Bonchev–Trinajstić information content (AvgIpc) is 2.83. The molecule has 0 aromatic carbocycles. The molecule has 0 aromatic heterocycles. The third-order valence-electron chi connectivity index (χ3n) is 7.03. The first-order chi connectivity index (χ1) is 8.60. The SMILES string of the molecule is CCC1CC(C)(C)C2C3CCCCC3C(CC)C12. The van der Waals surface area contributed by atoms with Crippen molar-refractivity contribution in [1.29, 1.82) is 0 Å². The highest BCUT2D eigenvalue weighted by Crippen LogP contribution is 2.67. The van der Waals surface area contributed by atoms with Gasteiger partial charge in [0.2, 0.25) is 0 Å². The molecule has 0 saturated heterocycles. The molecule has 3 fully saturated rings. The zero-order valence-electron chi connectivity index (χ0n) is 12.9. The van der Waals surface area contributed by atoms with Gasteiger partial charge in [-0.05, 0) is 60.2 Å². The largest absolute Gasteiger partial charge is 0.0651 e. The monoisotopic (exact) mass is 248 g/mol. The zero-order chi connectivity index (χ0) is 12.9. The quantitative estimate of drug-likeness (QED) is 0.603. The minimum atomic E-state index is 0.634. The van der Waals surface area contributed by atoms with Gasteiger partial charge < -0.3 is 0 Å². The molecule has 6 atom stereocenters. The zero-order valence-corrected chi connectivity index (χ0v) is 12.9. The van der Waals surface area contributed by atoms with E-state index in [1.54, 1.807) is 12.8 Å². The van der Waals surface area contributed by atoms with Crippen molar-refractivity contribution in [2.45, 2.75) is 72.6 Å². The molecule has 0 radical (unpaired) electrons. The molecule has 0 aliphatic heterocycles. The maximum atomic E-state index is 2.59. The van der Waals surface area contributed by atoms with E-state index >= 15 is 0 Å². The van der Waals surface area contributed by atoms with Gasteiger partial charge in [-0.1, -0.05) is 53.4 Å². The van der Waals surface area contributed by atoms with Crippen LogP contribution in [0.15, 0.2) is 0 Å². The van der Waals surface area contributed by atoms with E-state index in [1.165, 1.54) is 32.1 Å². The molecule has 3 aliphatic carbocycles. The van der Waals surface area contributed by atoms with E-state index < -0.39 is 0 Å². The molecule has 0 bridgehead atoms. The highest BCUT2D eigenvalue weighted by atomic mass is 14.6. The molecule has 0 nitrogen and oxygen atoms in total. The number of rotatable bonds is 2. The minimum absolute atomic E-state index is 0.634.